The molecule has 164 valence electrons. The molecule has 0 aliphatic carbocycles. The summed E-state index contributed by atoms with van der Waals surface area (Å²) in [6, 6.07) is 24.5. The lowest BCUT2D eigenvalue weighted by atomic mass is 10.1. The molecule has 5 rings (SSSR count). The van der Waals surface area contributed by atoms with Gasteiger partial charge in [0.15, 0.2) is 0 Å². The number of rotatable bonds is 4. The zero-order chi connectivity index (χ0) is 23.2. The van der Waals surface area contributed by atoms with Gasteiger partial charge < -0.3 is 5.32 Å². The lowest BCUT2D eigenvalue weighted by Gasteiger charge is -2.23. The van der Waals surface area contributed by atoms with Gasteiger partial charge in [0.2, 0.25) is 0 Å². The summed E-state index contributed by atoms with van der Waals surface area (Å²) in [6.45, 7) is 6.26. The molecule has 33 heavy (non-hydrogen) atoms. The number of hydrogen-bond donors (Lipinski definition) is 1. The van der Waals surface area contributed by atoms with E-state index >= 15 is 0 Å². The lowest BCUT2D eigenvalue weighted by Crippen LogP contribution is -2.27. The van der Waals surface area contributed by atoms with Crippen molar-refractivity contribution in [2.45, 2.75) is 26.3 Å². The number of para-hydroxylation sites is 1. The van der Waals surface area contributed by atoms with Crippen LogP contribution in [0, 0.1) is 10.1 Å². The van der Waals surface area contributed by atoms with Crippen LogP contribution in [0.2, 0.25) is 0 Å². The van der Waals surface area contributed by atoms with Gasteiger partial charge in [-0.2, -0.15) is 0 Å². The van der Waals surface area contributed by atoms with Crippen molar-refractivity contribution in [1.29, 1.82) is 0 Å². The van der Waals surface area contributed by atoms with Crippen LogP contribution in [-0.2, 0) is 0 Å². The number of fused-ring (bicyclic) bond motifs is 3. The molecule has 0 spiro atoms. The Labute approximate surface area is 190 Å². The molecule has 2 aromatic heterocycles. The van der Waals surface area contributed by atoms with Crippen LogP contribution in [0.15, 0.2) is 78.9 Å². The van der Waals surface area contributed by atoms with Crippen molar-refractivity contribution in [1.82, 2.24) is 14.4 Å². The highest BCUT2D eigenvalue weighted by Crippen LogP contribution is 2.37. The molecule has 0 aliphatic rings. The molecule has 2 heterocycles. The number of nitrogens with zero attached hydrogens (tertiary/aromatic N) is 4. The molecular formula is C26H23N5O2. The van der Waals surface area contributed by atoms with Crippen LogP contribution in [0.3, 0.4) is 0 Å². The van der Waals surface area contributed by atoms with Gasteiger partial charge in [0.05, 0.1) is 10.4 Å². The Morgan fingerprint density at radius 2 is 1.52 bits per heavy atom. The molecule has 1 N–H and O–H groups in total. The molecule has 7 nitrogen and oxygen atoms in total. The normalized spacial score (nSPS) is 11.7. The van der Waals surface area contributed by atoms with Crippen LogP contribution in [0.5, 0.6) is 0 Å². The summed E-state index contributed by atoms with van der Waals surface area (Å²) in [7, 11) is 0. The van der Waals surface area contributed by atoms with E-state index in [1.807, 2.05) is 54.6 Å². The Hall–Kier alpha value is -4.26. The molecule has 7 heteroatoms. The number of anilines is 1. The predicted octanol–water partition coefficient (Wildman–Crippen LogP) is 6.34. The smallest absolute Gasteiger partial charge is 0.269 e. The maximum absolute atomic E-state index is 11.2. The largest absolute Gasteiger partial charge is 0.365 e. The van der Waals surface area contributed by atoms with Crippen LogP contribution in [0.4, 0.5) is 11.5 Å². The van der Waals surface area contributed by atoms with Gasteiger partial charge in [0.25, 0.3) is 5.69 Å². The monoisotopic (exact) mass is 437 g/mol. The first-order valence-electron chi connectivity index (χ1n) is 10.7. The Morgan fingerprint density at radius 1 is 0.848 bits per heavy atom. The van der Waals surface area contributed by atoms with E-state index in [1.54, 1.807) is 12.1 Å². The lowest BCUT2D eigenvalue weighted by molar-refractivity contribution is -0.384. The molecule has 5 aromatic rings. The quantitative estimate of drug-likeness (QED) is 0.262. The van der Waals surface area contributed by atoms with Crippen molar-refractivity contribution in [3.63, 3.8) is 0 Å². The number of nitrogens with one attached hydrogen (secondary N) is 1. The first-order valence-corrected chi connectivity index (χ1v) is 10.7. The molecule has 0 fully saturated rings. The molecule has 0 unspecified atom stereocenters. The van der Waals surface area contributed by atoms with E-state index in [2.05, 4.69) is 30.5 Å². The summed E-state index contributed by atoms with van der Waals surface area (Å²) in [6.07, 6.45) is 0. The summed E-state index contributed by atoms with van der Waals surface area (Å²) in [4.78, 5) is 20.8. The van der Waals surface area contributed by atoms with E-state index in [1.165, 1.54) is 12.1 Å². The van der Waals surface area contributed by atoms with E-state index in [4.69, 9.17) is 9.97 Å². The molecule has 0 bridgehead atoms. The topological polar surface area (TPSA) is 85.4 Å². The molecule has 0 saturated carbocycles. The summed E-state index contributed by atoms with van der Waals surface area (Å²) in [5.41, 5.74) is 3.90. The number of nitro groups is 1. The highest BCUT2D eigenvalue weighted by molar-refractivity contribution is 5.96. The van der Waals surface area contributed by atoms with Gasteiger partial charge in [-0.1, -0.05) is 42.5 Å². The number of non-ortho nitro benzene ring substituents is 1. The van der Waals surface area contributed by atoms with Crippen molar-refractivity contribution in [3.05, 3.63) is 89.0 Å². The third-order valence-electron chi connectivity index (χ3n) is 5.34. The van der Waals surface area contributed by atoms with E-state index in [0.717, 1.165) is 45.0 Å². The fourth-order valence-corrected chi connectivity index (χ4v) is 3.93. The van der Waals surface area contributed by atoms with Gasteiger partial charge in [-0.15, -0.1) is 0 Å². The zero-order valence-corrected chi connectivity index (χ0v) is 18.6. The molecule has 0 saturated heterocycles. The van der Waals surface area contributed by atoms with Crippen LogP contribution in [0.1, 0.15) is 20.8 Å². The molecule has 0 aliphatic heterocycles. The van der Waals surface area contributed by atoms with Crippen LogP contribution in [0.25, 0.3) is 39.2 Å². The third kappa shape index (κ3) is 3.78. The average molecular weight is 438 g/mol. The van der Waals surface area contributed by atoms with Gasteiger partial charge in [-0.25, -0.2) is 9.97 Å². The van der Waals surface area contributed by atoms with E-state index in [-0.39, 0.29) is 11.2 Å². The minimum atomic E-state index is -0.396. The molecule has 0 radical (unpaired) electrons. The minimum Gasteiger partial charge on any atom is -0.365 e. The molecule has 3 aromatic carbocycles. The Morgan fingerprint density at radius 3 is 2.18 bits per heavy atom. The van der Waals surface area contributed by atoms with Crippen LogP contribution >= 0.6 is 0 Å². The van der Waals surface area contributed by atoms with Gasteiger partial charge in [-0.05, 0) is 45.0 Å². The minimum absolute atomic E-state index is 0.0462. The van der Waals surface area contributed by atoms with Gasteiger partial charge >= 0.3 is 0 Å². The fraction of sp³-hybridized carbons (Fsp3) is 0.154. The van der Waals surface area contributed by atoms with Crippen molar-refractivity contribution in [3.8, 4) is 22.6 Å². The molecule has 0 atom stereocenters. The van der Waals surface area contributed by atoms with E-state index in [0.29, 0.717) is 0 Å². The Balaban J connectivity index is 1.88. The first-order chi connectivity index (χ1) is 15.8. The van der Waals surface area contributed by atoms with Crippen LogP contribution < -0.4 is 5.32 Å². The second-order valence-corrected chi connectivity index (χ2v) is 8.97. The second-order valence-electron chi connectivity index (χ2n) is 8.97. The number of nitro benzene ring substituents is 1. The van der Waals surface area contributed by atoms with Crippen molar-refractivity contribution < 1.29 is 4.92 Å². The Bertz CT molecular complexity index is 1480. The summed E-state index contributed by atoms with van der Waals surface area (Å²) in [5, 5.41) is 15.7. The van der Waals surface area contributed by atoms with E-state index < -0.39 is 4.92 Å². The van der Waals surface area contributed by atoms with E-state index in [9.17, 15) is 10.1 Å². The Kier molecular flexibility index (Phi) is 4.82. The van der Waals surface area contributed by atoms with Crippen LogP contribution in [-0.4, -0.2) is 24.8 Å². The SMILES string of the molecule is CC(C)(C)Nc1c(-c2ccc([N+](=O)[O-])cc2)nc2c3ccccc3nc(-c3ccccc3)n12. The summed E-state index contributed by atoms with van der Waals surface area (Å²) in [5.74, 6) is 1.57. The average Bonchev–Trinajstić information content (AvgIpc) is 3.17. The van der Waals surface area contributed by atoms with Gasteiger partial charge in [0.1, 0.15) is 23.0 Å². The van der Waals surface area contributed by atoms with Gasteiger partial charge in [0, 0.05) is 34.2 Å². The second kappa shape index (κ2) is 7.70. The van der Waals surface area contributed by atoms with Crippen molar-refractivity contribution in [2.75, 3.05) is 5.32 Å². The summed E-state index contributed by atoms with van der Waals surface area (Å²) < 4.78 is 2.06. The first kappa shape index (κ1) is 20.6. The van der Waals surface area contributed by atoms with Gasteiger partial charge in [-0.3, -0.25) is 14.5 Å². The number of aromatic nitrogens is 3. The number of hydrogen-bond acceptors (Lipinski definition) is 5. The van der Waals surface area contributed by atoms with Crippen molar-refractivity contribution in [2.24, 2.45) is 0 Å². The standard InChI is InChI=1S/C26H23N5O2/c1-26(2,3)29-25-22(17-13-15-19(16-14-17)31(32)33)28-24-20-11-7-8-12-21(20)27-23(30(24)25)18-9-5-4-6-10-18/h4-16,29H,1-3H3. The highest BCUT2D eigenvalue weighted by Gasteiger charge is 2.24. The predicted molar refractivity (Wildman–Crippen MR) is 131 cm³/mol. The number of benzene rings is 3. The maximum Gasteiger partial charge on any atom is 0.269 e. The molecule has 0 amide bonds. The summed E-state index contributed by atoms with van der Waals surface area (Å²) >= 11 is 0. The highest BCUT2D eigenvalue weighted by atomic mass is 16.6. The molecular weight excluding hydrogens is 414 g/mol. The third-order valence-corrected chi connectivity index (χ3v) is 5.34. The maximum atomic E-state index is 11.2. The zero-order valence-electron chi connectivity index (χ0n) is 18.6. The van der Waals surface area contributed by atoms with Crippen molar-refractivity contribution >= 4 is 28.1 Å². The fourth-order valence-electron chi connectivity index (χ4n) is 3.93. The number of imidazole rings is 1.